The van der Waals surface area contributed by atoms with E-state index < -0.39 is 0 Å². The first-order valence-electron chi connectivity index (χ1n) is 7.78. The average molecular weight is 267 g/mol. The second-order valence-electron chi connectivity index (χ2n) is 6.50. The first-order chi connectivity index (χ1) is 8.99. The van der Waals surface area contributed by atoms with Gasteiger partial charge < -0.3 is 10.6 Å². The molecule has 2 rings (SSSR count). The van der Waals surface area contributed by atoms with Gasteiger partial charge in [0.25, 0.3) is 0 Å². The van der Waals surface area contributed by atoms with Gasteiger partial charge in [-0.05, 0) is 33.1 Å². The SMILES string of the molecule is CCC(C)N1CCN(C(=O)C2(C)CCCC2N)CC1. The summed E-state index contributed by atoms with van der Waals surface area (Å²) >= 11 is 0. The van der Waals surface area contributed by atoms with E-state index in [1.54, 1.807) is 0 Å². The highest BCUT2D eigenvalue weighted by molar-refractivity contribution is 5.83. The molecule has 3 unspecified atom stereocenters. The zero-order valence-corrected chi connectivity index (χ0v) is 12.7. The van der Waals surface area contributed by atoms with Crippen LogP contribution >= 0.6 is 0 Å². The van der Waals surface area contributed by atoms with Crippen molar-refractivity contribution in [2.75, 3.05) is 26.2 Å². The Labute approximate surface area is 117 Å². The van der Waals surface area contributed by atoms with Gasteiger partial charge in [-0.1, -0.05) is 13.3 Å². The second kappa shape index (κ2) is 5.80. The molecule has 3 atom stereocenters. The van der Waals surface area contributed by atoms with Crippen molar-refractivity contribution in [3.05, 3.63) is 0 Å². The Balaban J connectivity index is 1.92. The second-order valence-corrected chi connectivity index (χ2v) is 6.50. The van der Waals surface area contributed by atoms with Gasteiger partial charge in [0.1, 0.15) is 0 Å². The lowest BCUT2D eigenvalue weighted by Gasteiger charge is -2.41. The molecule has 1 saturated carbocycles. The van der Waals surface area contributed by atoms with Crippen LogP contribution in [-0.2, 0) is 4.79 Å². The van der Waals surface area contributed by atoms with E-state index in [-0.39, 0.29) is 11.5 Å². The van der Waals surface area contributed by atoms with E-state index >= 15 is 0 Å². The van der Waals surface area contributed by atoms with Crippen molar-refractivity contribution < 1.29 is 4.79 Å². The Kier molecular flexibility index (Phi) is 4.51. The molecule has 19 heavy (non-hydrogen) atoms. The summed E-state index contributed by atoms with van der Waals surface area (Å²) in [5.74, 6) is 0.293. The van der Waals surface area contributed by atoms with Crippen LogP contribution in [0.4, 0.5) is 0 Å². The van der Waals surface area contributed by atoms with Crippen LogP contribution in [0.2, 0.25) is 0 Å². The van der Waals surface area contributed by atoms with Crippen molar-refractivity contribution in [2.45, 2.75) is 58.5 Å². The Morgan fingerprint density at radius 3 is 2.47 bits per heavy atom. The van der Waals surface area contributed by atoms with Gasteiger partial charge in [0.15, 0.2) is 0 Å². The summed E-state index contributed by atoms with van der Waals surface area (Å²) in [5, 5.41) is 0. The van der Waals surface area contributed by atoms with Crippen LogP contribution in [0, 0.1) is 5.41 Å². The maximum atomic E-state index is 12.7. The van der Waals surface area contributed by atoms with Gasteiger partial charge in [-0.15, -0.1) is 0 Å². The molecule has 1 aliphatic carbocycles. The molecular weight excluding hydrogens is 238 g/mol. The summed E-state index contributed by atoms with van der Waals surface area (Å²) in [7, 11) is 0. The molecule has 1 saturated heterocycles. The highest BCUT2D eigenvalue weighted by atomic mass is 16.2. The molecule has 0 spiro atoms. The van der Waals surface area contributed by atoms with Gasteiger partial charge in [-0.3, -0.25) is 9.69 Å². The number of nitrogens with zero attached hydrogens (tertiary/aromatic N) is 2. The van der Waals surface area contributed by atoms with Crippen LogP contribution in [0.5, 0.6) is 0 Å². The van der Waals surface area contributed by atoms with E-state index in [1.165, 1.54) is 6.42 Å². The van der Waals surface area contributed by atoms with Crippen molar-refractivity contribution >= 4 is 5.91 Å². The zero-order valence-electron chi connectivity index (χ0n) is 12.7. The minimum Gasteiger partial charge on any atom is -0.340 e. The van der Waals surface area contributed by atoms with Crippen LogP contribution in [0.1, 0.15) is 46.5 Å². The summed E-state index contributed by atoms with van der Waals surface area (Å²) in [4.78, 5) is 17.2. The maximum Gasteiger partial charge on any atom is 0.230 e. The van der Waals surface area contributed by atoms with Gasteiger partial charge in [-0.25, -0.2) is 0 Å². The molecule has 1 aliphatic heterocycles. The van der Waals surface area contributed by atoms with Crippen LogP contribution in [0.25, 0.3) is 0 Å². The summed E-state index contributed by atoms with van der Waals surface area (Å²) < 4.78 is 0. The van der Waals surface area contributed by atoms with Crippen LogP contribution < -0.4 is 5.73 Å². The number of rotatable bonds is 3. The molecule has 4 heteroatoms. The van der Waals surface area contributed by atoms with Crippen molar-refractivity contribution in [1.82, 2.24) is 9.80 Å². The molecule has 0 aromatic carbocycles. The average Bonchev–Trinajstić information content (AvgIpc) is 2.78. The minimum absolute atomic E-state index is 0.0487. The predicted octanol–water partition coefficient (Wildman–Crippen LogP) is 1.45. The number of carbonyl (C=O) groups excluding carboxylic acids is 1. The third-order valence-electron chi connectivity index (χ3n) is 5.33. The van der Waals surface area contributed by atoms with Gasteiger partial charge in [0.2, 0.25) is 5.91 Å². The monoisotopic (exact) mass is 267 g/mol. The minimum atomic E-state index is -0.307. The molecule has 0 aromatic heterocycles. The molecule has 4 nitrogen and oxygen atoms in total. The quantitative estimate of drug-likeness (QED) is 0.842. The Hall–Kier alpha value is -0.610. The molecule has 0 radical (unpaired) electrons. The summed E-state index contributed by atoms with van der Waals surface area (Å²) in [6, 6.07) is 0.675. The fraction of sp³-hybridized carbons (Fsp3) is 0.933. The number of amides is 1. The van der Waals surface area contributed by atoms with Crippen LogP contribution in [0.15, 0.2) is 0 Å². The summed E-state index contributed by atoms with van der Waals surface area (Å²) in [5.41, 5.74) is 5.85. The number of carbonyl (C=O) groups is 1. The van der Waals surface area contributed by atoms with Gasteiger partial charge in [0, 0.05) is 38.3 Å². The number of nitrogens with two attached hydrogens (primary N) is 1. The van der Waals surface area contributed by atoms with Crippen molar-refractivity contribution in [2.24, 2.45) is 11.1 Å². The molecule has 110 valence electrons. The number of hydrogen-bond acceptors (Lipinski definition) is 3. The zero-order chi connectivity index (χ0) is 14.0. The van der Waals surface area contributed by atoms with E-state index in [0.717, 1.165) is 45.4 Å². The highest BCUT2D eigenvalue weighted by Crippen LogP contribution is 2.38. The molecule has 2 fully saturated rings. The Morgan fingerprint density at radius 2 is 2.00 bits per heavy atom. The maximum absolute atomic E-state index is 12.7. The fourth-order valence-electron chi connectivity index (χ4n) is 3.44. The fourth-order valence-corrected chi connectivity index (χ4v) is 3.44. The molecule has 0 bridgehead atoms. The van der Waals surface area contributed by atoms with E-state index in [0.29, 0.717) is 11.9 Å². The number of piperazine rings is 1. The van der Waals surface area contributed by atoms with E-state index in [4.69, 9.17) is 5.73 Å². The molecule has 1 heterocycles. The lowest BCUT2D eigenvalue weighted by Crippen LogP contribution is -2.56. The molecule has 2 N–H and O–H groups in total. The largest absolute Gasteiger partial charge is 0.340 e. The smallest absolute Gasteiger partial charge is 0.230 e. The topological polar surface area (TPSA) is 49.6 Å². The van der Waals surface area contributed by atoms with E-state index in [9.17, 15) is 4.79 Å². The van der Waals surface area contributed by atoms with Crippen molar-refractivity contribution in [3.63, 3.8) is 0 Å². The number of hydrogen-bond donors (Lipinski definition) is 1. The molecule has 0 aromatic rings. The lowest BCUT2D eigenvalue weighted by molar-refractivity contribution is -0.143. The van der Waals surface area contributed by atoms with Gasteiger partial charge >= 0.3 is 0 Å². The highest BCUT2D eigenvalue weighted by Gasteiger charge is 2.45. The molecule has 2 aliphatic rings. The predicted molar refractivity (Wildman–Crippen MR) is 77.8 cm³/mol. The third kappa shape index (κ3) is 2.79. The van der Waals surface area contributed by atoms with Crippen LogP contribution in [-0.4, -0.2) is 54.0 Å². The first kappa shape index (κ1) is 14.8. The van der Waals surface area contributed by atoms with Crippen LogP contribution in [0.3, 0.4) is 0 Å². The molecular formula is C15H29N3O. The molecule has 1 amide bonds. The van der Waals surface area contributed by atoms with E-state index in [2.05, 4.69) is 25.7 Å². The van der Waals surface area contributed by atoms with Gasteiger partial charge in [0.05, 0.1) is 5.41 Å². The summed E-state index contributed by atoms with van der Waals surface area (Å²) in [6.45, 7) is 10.3. The van der Waals surface area contributed by atoms with E-state index in [1.807, 2.05) is 4.90 Å². The Bertz CT molecular complexity index is 325. The standard InChI is InChI=1S/C15H29N3O/c1-4-12(2)17-8-10-18(11-9-17)14(19)15(3)7-5-6-13(15)16/h12-13H,4-11,16H2,1-3H3. The summed E-state index contributed by atoms with van der Waals surface area (Å²) in [6.07, 6.45) is 4.22. The van der Waals surface area contributed by atoms with Crippen molar-refractivity contribution in [1.29, 1.82) is 0 Å². The Morgan fingerprint density at radius 1 is 1.37 bits per heavy atom. The van der Waals surface area contributed by atoms with Gasteiger partial charge in [-0.2, -0.15) is 0 Å². The van der Waals surface area contributed by atoms with Crippen molar-refractivity contribution in [3.8, 4) is 0 Å². The normalized spacial score (nSPS) is 34.5. The third-order valence-corrected chi connectivity index (χ3v) is 5.33. The lowest BCUT2D eigenvalue weighted by atomic mass is 9.83. The first-order valence-corrected chi connectivity index (χ1v) is 7.78.